The van der Waals surface area contributed by atoms with Crippen LogP contribution < -0.4 is 16.4 Å². The Balaban J connectivity index is 1.40. The molecule has 0 saturated carbocycles. The van der Waals surface area contributed by atoms with Crippen LogP contribution in [0.3, 0.4) is 0 Å². The number of nitrogens with one attached hydrogen (secondary N) is 2. The van der Waals surface area contributed by atoms with Crippen molar-refractivity contribution in [2.75, 3.05) is 10.6 Å². The molecule has 0 fully saturated rings. The van der Waals surface area contributed by atoms with Crippen molar-refractivity contribution in [3.05, 3.63) is 96.1 Å². The van der Waals surface area contributed by atoms with E-state index in [1.807, 2.05) is 49.8 Å². The monoisotopic (exact) mass is 533 g/mol. The van der Waals surface area contributed by atoms with Crippen LogP contribution in [0, 0.1) is 11.7 Å². The largest absolute Gasteiger partial charge is 0.400 e. The summed E-state index contributed by atoms with van der Waals surface area (Å²) < 4.78 is 16.4. The number of nitrogens with two attached hydrogens (primary N) is 1. The number of hydrogen-bond donors (Lipinski definition) is 3. The number of anilines is 2. The van der Waals surface area contributed by atoms with E-state index in [1.54, 1.807) is 43.0 Å². The molecule has 9 heteroatoms. The average Bonchev–Trinajstić information content (AvgIpc) is 3.28. The molecule has 2 aromatic carbocycles. The van der Waals surface area contributed by atoms with Gasteiger partial charge in [0.2, 0.25) is 5.91 Å². The van der Waals surface area contributed by atoms with Gasteiger partial charge in [-0.25, -0.2) is 4.39 Å². The van der Waals surface area contributed by atoms with Crippen molar-refractivity contribution in [1.29, 1.82) is 0 Å². The van der Waals surface area contributed by atoms with E-state index in [0.29, 0.717) is 40.3 Å². The van der Waals surface area contributed by atoms with Crippen LogP contribution in [0.5, 0.6) is 0 Å². The molecule has 8 nitrogen and oxygen atoms in total. The van der Waals surface area contributed by atoms with Crippen molar-refractivity contribution in [3.63, 3.8) is 0 Å². The van der Waals surface area contributed by atoms with Gasteiger partial charge in [-0.05, 0) is 35.4 Å². The third kappa shape index (κ3) is 4.45. The molecule has 6 rings (SSSR count). The van der Waals surface area contributed by atoms with Gasteiger partial charge in [-0.1, -0.05) is 38.1 Å². The van der Waals surface area contributed by atoms with E-state index >= 15 is 0 Å². The minimum Gasteiger partial charge on any atom is -0.400 e. The first kappa shape index (κ1) is 25.2. The third-order valence-corrected chi connectivity index (χ3v) is 7.12. The summed E-state index contributed by atoms with van der Waals surface area (Å²) in [5.74, 6) is -0.512. The van der Waals surface area contributed by atoms with Gasteiger partial charge in [-0.2, -0.15) is 5.10 Å². The molecular weight excluding hydrogens is 505 g/mol. The lowest BCUT2D eigenvalue weighted by molar-refractivity contribution is -0.118. The predicted molar refractivity (Wildman–Crippen MR) is 155 cm³/mol. The second-order valence-corrected chi connectivity index (χ2v) is 10.2. The highest BCUT2D eigenvalue weighted by Gasteiger charge is 2.25. The number of aryl methyl sites for hydroxylation is 1. The minimum absolute atomic E-state index is 0.0670. The van der Waals surface area contributed by atoms with Crippen LogP contribution in [0.25, 0.3) is 38.9 Å². The molecule has 1 aliphatic heterocycles. The normalized spacial score (nSPS) is 12.9. The molecule has 4 N–H and O–H groups in total. The fourth-order valence-corrected chi connectivity index (χ4v) is 4.98. The maximum absolute atomic E-state index is 14.6. The Morgan fingerprint density at radius 3 is 2.62 bits per heavy atom. The average molecular weight is 534 g/mol. The first-order valence-electron chi connectivity index (χ1n) is 13.0. The van der Waals surface area contributed by atoms with Gasteiger partial charge >= 0.3 is 0 Å². The smallest absolute Gasteiger partial charge is 0.226 e. The van der Waals surface area contributed by atoms with E-state index in [2.05, 4.69) is 20.6 Å². The van der Waals surface area contributed by atoms with E-state index in [9.17, 15) is 9.18 Å². The maximum Gasteiger partial charge on any atom is 0.226 e. The summed E-state index contributed by atoms with van der Waals surface area (Å²) in [6, 6.07) is 14.6. The number of rotatable bonds is 5. The van der Waals surface area contributed by atoms with Gasteiger partial charge in [0.1, 0.15) is 11.5 Å². The summed E-state index contributed by atoms with van der Waals surface area (Å²) in [6.07, 6.45) is 7.22. The van der Waals surface area contributed by atoms with E-state index in [0.717, 1.165) is 33.3 Å². The molecule has 0 bridgehead atoms. The van der Waals surface area contributed by atoms with Crippen LogP contribution in [0.15, 0.2) is 79.0 Å². The molecule has 200 valence electrons. The SMILES string of the molecule is CC(C)C(=O)Nc1cncc(-c2ccc3c(c2)c(C2=C(N)Cc4c(cncc4-c4ccccc4F)N2)nn3C)c1. The highest BCUT2D eigenvalue weighted by atomic mass is 19.1. The van der Waals surface area contributed by atoms with E-state index in [4.69, 9.17) is 10.8 Å². The Hall–Kier alpha value is -5.05. The molecule has 3 aromatic heterocycles. The van der Waals surface area contributed by atoms with E-state index < -0.39 is 0 Å². The number of benzene rings is 2. The summed E-state index contributed by atoms with van der Waals surface area (Å²) in [5.41, 5.74) is 14.8. The summed E-state index contributed by atoms with van der Waals surface area (Å²) in [6.45, 7) is 3.69. The summed E-state index contributed by atoms with van der Waals surface area (Å²) in [7, 11) is 1.89. The number of carbonyl (C=O) groups is 1. The van der Waals surface area contributed by atoms with Crippen LogP contribution in [-0.2, 0) is 18.3 Å². The van der Waals surface area contributed by atoms with Crippen LogP contribution in [0.4, 0.5) is 15.8 Å². The lowest BCUT2D eigenvalue weighted by Crippen LogP contribution is -2.19. The lowest BCUT2D eigenvalue weighted by Gasteiger charge is -2.24. The Bertz CT molecular complexity index is 1820. The van der Waals surface area contributed by atoms with E-state index in [1.165, 1.54) is 6.07 Å². The molecule has 0 unspecified atom stereocenters. The predicted octanol–water partition coefficient (Wildman–Crippen LogP) is 5.73. The fraction of sp³-hybridized carbons (Fsp3) is 0.161. The van der Waals surface area contributed by atoms with Gasteiger partial charge in [-0.3, -0.25) is 19.4 Å². The van der Waals surface area contributed by atoms with Crippen LogP contribution in [0.1, 0.15) is 25.1 Å². The fourth-order valence-electron chi connectivity index (χ4n) is 4.98. The molecule has 1 amide bonds. The Morgan fingerprint density at radius 1 is 1.02 bits per heavy atom. The Labute approximate surface area is 230 Å². The number of amides is 1. The number of carbonyl (C=O) groups excluding carboxylic acids is 1. The molecular formula is C31H28FN7O. The van der Waals surface area contributed by atoms with Gasteiger partial charge in [-0.15, -0.1) is 0 Å². The first-order chi connectivity index (χ1) is 19.3. The van der Waals surface area contributed by atoms with Crippen molar-refractivity contribution >= 4 is 33.9 Å². The topological polar surface area (TPSA) is 111 Å². The molecule has 4 heterocycles. The maximum atomic E-state index is 14.6. The number of halogens is 1. The van der Waals surface area contributed by atoms with Crippen LogP contribution in [-0.4, -0.2) is 25.7 Å². The van der Waals surface area contributed by atoms with Crippen molar-refractivity contribution in [2.24, 2.45) is 18.7 Å². The van der Waals surface area contributed by atoms with Gasteiger partial charge in [0.25, 0.3) is 0 Å². The lowest BCUT2D eigenvalue weighted by atomic mass is 9.93. The number of pyridine rings is 2. The molecule has 5 aromatic rings. The highest BCUT2D eigenvalue weighted by Crippen LogP contribution is 2.38. The first-order valence-corrected chi connectivity index (χ1v) is 13.0. The minimum atomic E-state index is -0.309. The zero-order valence-electron chi connectivity index (χ0n) is 22.4. The van der Waals surface area contributed by atoms with Crippen LogP contribution >= 0.6 is 0 Å². The molecule has 0 aliphatic carbocycles. The number of hydrogen-bond acceptors (Lipinski definition) is 6. The Morgan fingerprint density at radius 2 is 1.82 bits per heavy atom. The molecule has 0 atom stereocenters. The van der Waals surface area contributed by atoms with Crippen molar-refractivity contribution in [3.8, 4) is 22.3 Å². The number of aromatic nitrogens is 4. The van der Waals surface area contributed by atoms with E-state index in [-0.39, 0.29) is 17.6 Å². The molecule has 1 aliphatic rings. The molecule has 0 saturated heterocycles. The second-order valence-electron chi connectivity index (χ2n) is 10.2. The van der Waals surface area contributed by atoms with Gasteiger partial charge in [0, 0.05) is 59.6 Å². The molecule has 40 heavy (non-hydrogen) atoms. The van der Waals surface area contributed by atoms with Crippen molar-refractivity contribution in [2.45, 2.75) is 20.3 Å². The second kappa shape index (κ2) is 9.92. The van der Waals surface area contributed by atoms with Crippen molar-refractivity contribution in [1.82, 2.24) is 19.7 Å². The zero-order valence-corrected chi connectivity index (χ0v) is 22.4. The zero-order chi connectivity index (χ0) is 28.0. The highest BCUT2D eigenvalue weighted by molar-refractivity contribution is 5.98. The van der Waals surface area contributed by atoms with Gasteiger partial charge < -0.3 is 16.4 Å². The summed E-state index contributed by atoms with van der Waals surface area (Å²) in [5, 5.41) is 12.1. The quantitative estimate of drug-likeness (QED) is 0.266. The summed E-state index contributed by atoms with van der Waals surface area (Å²) in [4.78, 5) is 20.9. The Kier molecular flexibility index (Phi) is 6.26. The van der Waals surface area contributed by atoms with Gasteiger partial charge in [0.05, 0.1) is 35.0 Å². The number of nitrogens with zero attached hydrogens (tertiary/aromatic N) is 4. The molecule has 0 radical (unpaired) electrons. The third-order valence-electron chi connectivity index (χ3n) is 7.12. The molecule has 0 spiro atoms. The summed E-state index contributed by atoms with van der Waals surface area (Å²) >= 11 is 0. The standard InChI is InChI=1S/C31H28FN7O/c1-17(2)31(40)36-20-10-19(13-34-14-20)18-8-9-28-23(11-18)29(38-39(28)3)30-26(33)12-22-24(15-35-16-27(22)37-30)21-6-4-5-7-25(21)32/h4-11,13-17,37H,12,33H2,1-3H3,(H,36,40). The van der Waals surface area contributed by atoms with Crippen LogP contribution in [0.2, 0.25) is 0 Å². The number of allylic oxidation sites excluding steroid dienone is 1. The van der Waals surface area contributed by atoms with Crippen molar-refractivity contribution < 1.29 is 9.18 Å². The number of fused-ring (bicyclic) bond motifs is 2. The van der Waals surface area contributed by atoms with Gasteiger partial charge in [0.15, 0.2) is 0 Å².